The molecule has 0 aliphatic carbocycles. The van der Waals surface area contributed by atoms with Crippen LogP contribution in [-0.4, -0.2) is 40.0 Å². The van der Waals surface area contributed by atoms with Gasteiger partial charge in [-0.05, 0) is 25.5 Å². The lowest BCUT2D eigenvalue weighted by atomic mass is 10.0. The molecule has 1 fully saturated rings. The molecule has 0 bridgehead atoms. The standard InChI is InChI=1S/C13H15ClN2O4/c1-8(17)10-4-5-15(7-10)13(18)9-2-3-11(14)12(6-9)16(19)20/h2-3,6,8,10,17H,4-5,7H2,1H3. The van der Waals surface area contributed by atoms with Crippen molar-refractivity contribution in [3.63, 3.8) is 0 Å². The molecule has 1 saturated heterocycles. The Balaban J connectivity index is 2.18. The van der Waals surface area contributed by atoms with Gasteiger partial charge < -0.3 is 10.0 Å². The predicted octanol–water partition coefficient (Wildman–Crippen LogP) is 2.09. The van der Waals surface area contributed by atoms with Crippen LogP contribution < -0.4 is 0 Å². The Morgan fingerprint density at radius 2 is 2.30 bits per heavy atom. The van der Waals surface area contributed by atoms with Crippen LogP contribution in [-0.2, 0) is 0 Å². The van der Waals surface area contributed by atoms with Crippen LogP contribution >= 0.6 is 11.6 Å². The molecule has 2 unspecified atom stereocenters. The van der Waals surface area contributed by atoms with Crippen molar-refractivity contribution in [2.75, 3.05) is 13.1 Å². The SMILES string of the molecule is CC(O)C1CCN(C(=O)c2ccc(Cl)c([N+](=O)[O-])c2)C1. The molecule has 6 nitrogen and oxygen atoms in total. The minimum Gasteiger partial charge on any atom is -0.393 e. The van der Waals surface area contributed by atoms with Crippen molar-refractivity contribution < 1.29 is 14.8 Å². The van der Waals surface area contributed by atoms with Crippen molar-refractivity contribution in [1.29, 1.82) is 0 Å². The Hall–Kier alpha value is -1.66. The molecule has 1 aliphatic rings. The number of halogens is 1. The predicted molar refractivity (Wildman–Crippen MR) is 73.8 cm³/mol. The molecule has 1 heterocycles. The number of carbonyl (C=O) groups excluding carboxylic acids is 1. The highest BCUT2D eigenvalue weighted by atomic mass is 35.5. The van der Waals surface area contributed by atoms with Crippen LogP contribution in [0.15, 0.2) is 18.2 Å². The third-order valence-electron chi connectivity index (χ3n) is 3.58. The normalized spacial score (nSPS) is 19.9. The van der Waals surface area contributed by atoms with E-state index in [9.17, 15) is 20.0 Å². The van der Waals surface area contributed by atoms with Gasteiger partial charge in [0.25, 0.3) is 11.6 Å². The maximum absolute atomic E-state index is 12.3. The molecule has 1 aliphatic heterocycles. The van der Waals surface area contributed by atoms with Crippen molar-refractivity contribution in [1.82, 2.24) is 4.90 Å². The maximum Gasteiger partial charge on any atom is 0.288 e. The van der Waals surface area contributed by atoms with Crippen molar-refractivity contribution >= 4 is 23.2 Å². The van der Waals surface area contributed by atoms with Crippen LogP contribution in [0.2, 0.25) is 5.02 Å². The summed E-state index contributed by atoms with van der Waals surface area (Å²) in [6, 6.07) is 4.03. The van der Waals surface area contributed by atoms with Crippen molar-refractivity contribution in [2.24, 2.45) is 5.92 Å². The largest absolute Gasteiger partial charge is 0.393 e. The molecule has 20 heavy (non-hydrogen) atoms. The molecule has 0 saturated carbocycles. The molecular weight excluding hydrogens is 284 g/mol. The zero-order valence-corrected chi connectivity index (χ0v) is 11.7. The lowest BCUT2D eigenvalue weighted by Crippen LogP contribution is -2.30. The molecule has 2 atom stereocenters. The lowest BCUT2D eigenvalue weighted by Gasteiger charge is -2.17. The van der Waals surface area contributed by atoms with Crippen LogP contribution in [0.25, 0.3) is 0 Å². The second-order valence-corrected chi connectivity index (χ2v) is 5.37. The molecule has 7 heteroatoms. The maximum atomic E-state index is 12.3. The average Bonchev–Trinajstić information content (AvgIpc) is 2.87. The van der Waals surface area contributed by atoms with Gasteiger partial charge in [0.1, 0.15) is 5.02 Å². The lowest BCUT2D eigenvalue weighted by molar-refractivity contribution is -0.384. The van der Waals surface area contributed by atoms with E-state index in [1.54, 1.807) is 11.8 Å². The molecule has 0 radical (unpaired) electrons. The molecule has 1 aromatic rings. The molecule has 108 valence electrons. The van der Waals surface area contributed by atoms with E-state index in [2.05, 4.69) is 0 Å². The van der Waals surface area contributed by atoms with E-state index in [0.717, 1.165) is 6.42 Å². The van der Waals surface area contributed by atoms with Crippen LogP contribution in [0, 0.1) is 16.0 Å². The van der Waals surface area contributed by atoms with Crippen LogP contribution in [0.5, 0.6) is 0 Å². The number of amides is 1. The van der Waals surface area contributed by atoms with E-state index in [1.165, 1.54) is 18.2 Å². The number of hydrogen-bond donors (Lipinski definition) is 1. The van der Waals surface area contributed by atoms with Crippen molar-refractivity contribution in [3.05, 3.63) is 38.9 Å². The molecule has 1 N–H and O–H groups in total. The minimum absolute atomic E-state index is 0.00910. The summed E-state index contributed by atoms with van der Waals surface area (Å²) in [6.07, 6.45) is 0.270. The smallest absolute Gasteiger partial charge is 0.288 e. The Morgan fingerprint density at radius 1 is 1.60 bits per heavy atom. The fourth-order valence-electron chi connectivity index (χ4n) is 2.33. The number of nitrogens with zero attached hydrogens (tertiary/aromatic N) is 2. The number of likely N-dealkylation sites (tertiary alicyclic amines) is 1. The van der Waals surface area contributed by atoms with Gasteiger partial charge in [0, 0.05) is 30.6 Å². The number of aliphatic hydroxyl groups excluding tert-OH is 1. The molecule has 0 spiro atoms. The average molecular weight is 299 g/mol. The summed E-state index contributed by atoms with van der Waals surface area (Å²) in [7, 11) is 0. The minimum atomic E-state index is -0.609. The number of benzene rings is 1. The Kier molecular flexibility index (Phi) is 4.25. The summed E-state index contributed by atoms with van der Waals surface area (Å²) < 4.78 is 0. The van der Waals surface area contributed by atoms with E-state index in [1.807, 2.05) is 0 Å². The first-order valence-electron chi connectivity index (χ1n) is 6.31. The first kappa shape index (κ1) is 14.7. The second kappa shape index (κ2) is 5.76. The van der Waals surface area contributed by atoms with Crippen LogP contribution in [0.1, 0.15) is 23.7 Å². The van der Waals surface area contributed by atoms with Crippen LogP contribution in [0.4, 0.5) is 5.69 Å². The van der Waals surface area contributed by atoms with Gasteiger partial charge in [-0.1, -0.05) is 11.6 Å². The third-order valence-corrected chi connectivity index (χ3v) is 3.90. The van der Waals surface area contributed by atoms with Gasteiger partial charge in [-0.2, -0.15) is 0 Å². The van der Waals surface area contributed by atoms with Crippen molar-refractivity contribution in [2.45, 2.75) is 19.4 Å². The quantitative estimate of drug-likeness (QED) is 0.684. The highest BCUT2D eigenvalue weighted by Crippen LogP contribution is 2.27. The summed E-state index contributed by atoms with van der Waals surface area (Å²) in [5.41, 5.74) is -0.0314. The second-order valence-electron chi connectivity index (χ2n) is 4.96. The van der Waals surface area contributed by atoms with E-state index in [0.29, 0.717) is 13.1 Å². The summed E-state index contributed by atoms with van der Waals surface area (Å²) in [5.74, 6) is -0.214. The van der Waals surface area contributed by atoms with Gasteiger partial charge in [-0.15, -0.1) is 0 Å². The monoisotopic (exact) mass is 298 g/mol. The number of carbonyl (C=O) groups is 1. The molecule has 2 rings (SSSR count). The van der Waals surface area contributed by atoms with Gasteiger partial charge in [0.15, 0.2) is 0 Å². The van der Waals surface area contributed by atoms with E-state index < -0.39 is 11.0 Å². The van der Waals surface area contributed by atoms with E-state index in [4.69, 9.17) is 11.6 Å². The van der Waals surface area contributed by atoms with Gasteiger partial charge in [-0.3, -0.25) is 14.9 Å². The molecule has 0 aromatic heterocycles. The molecule has 1 amide bonds. The third kappa shape index (κ3) is 2.91. The number of nitro groups is 1. The molecule has 1 aromatic carbocycles. The van der Waals surface area contributed by atoms with E-state index in [-0.39, 0.29) is 28.1 Å². The summed E-state index contributed by atoms with van der Waals surface area (Å²) in [5, 5.41) is 20.4. The fraction of sp³-hybridized carbons (Fsp3) is 0.462. The van der Waals surface area contributed by atoms with Crippen LogP contribution in [0.3, 0.4) is 0 Å². The zero-order valence-electron chi connectivity index (χ0n) is 11.0. The van der Waals surface area contributed by atoms with Crippen molar-refractivity contribution in [3.8, 4) is 0 Å². The highest BCUT2D eigenvalue weighted by molar-refractivity contribution is 6.32. The van der Waals surface area contributed by atoms with Gasteiger partial charge >= 0.3 is 0 Å². The zero-order chi connectivity index (χ0) is 14.9. The first-order chi connectivity index (χ1) is 9.40. The number of rotatable bonds is 3. The topological polar surface area (TPSA) is 83.7 Å². The van der Waals surface area contributed by atoms with Gasteiger partial charge in [-0.25, -0.2) is 0 Å². The first-order valence-corrected chi connectivity index (χ1v) is 6.69. The Bertz CT molecular complexity index is 547. The summed E-state index contributed by atoms with van der Waals surface area (Å²) in [6.45, 7) is 2.71. The number of nitro benzene ring substituents is 1. The fourth-order valence-corrected chi connectivity index (χ4v) is 2.52. The van der Waals surface area contributed by atoms with Gasteiger partial charge in [0.05, 0.1) is 11.0 Å². The number of hydrogen-bond acceptors (Lipinski definition) is 4. The Morgan fingerprint density at radius 3 is 2.85 bits per heavy atom. The number of aliphatic hydroxyl groups is 1. The van der Waals surface area contributed by atoms with Gasteiger partial charge in [0.2, 0.25) is 0 Å². The molecular formula is C13H15ClN2O4. The Labute approximate surface area is 121 Å². The highest BCUT2D eigenvalue weighted by Gasteiger charge is 2.30. The summed E-state index contributed by atoms with van der Waals surface area (Å²) in [4.78, 5) is 24.1. The van der Waals surface area contributed by atoms with E-state index >= 15 is 0 Å². The summed E-state index contributed by atoms with van der Waals surface area (Å²) >= 11 is 5.72.